The van der Waals surface area contributed by atoms with Gasteiger partial charge in [0.2, 0.25) is 0 Å². The van der Waals surface area contributed by atoms with Crippen molar-refractivity contribution in [2.75, 3.05) is 0 Å². The fourth-order valence-corrected chi connectivity index (χ4v) is 1.93. The first-order valence-corrected chi connectivity index (χ1v) is 5.30. The Morgan fingerprint density at radius 1 is 1.07 bits per heavy atom. The molecule has 74 valence electrons. The second kappa shape index (κ2) is 3.46. The minimum Gasteiger partial charge on any atom is -0.245 e. The van der Waals surface area contributed by atoms with Crippen LogP contribution in [0.15, 0.2) is 42.9 Å². The van der Waals surface area contributed by atoms with E-state index in [9.17, 15) is 0 Å². The standard InChI is InChI=1S/C13H12N2/c1-2-4-12(11(3-1)10-5-6-10)13-7-8-14-9-15-13/h1-4,7-10H,5-6H2. The molecule has 1 heterocycles. The number of hydrogen-bond acceptors (Lipinski definition) is 2. The Morgan fingerprint density at radius 2 is 1.93 bits per heavy atom. The van der Waals surface area contributed by atoms with Crippen LogP contribution in [0.4, 0.5) is 0 Å². The van der Waals surface area contributed by atoms with Crippen LogP contribution >= 0.6 is 0 Å². The third-order valence-electron chi connectivity index (χ3n) is 2.84. The molecular formula is C13H12N2. The Labute approximate surface area is 89.0 Å². The van der Waals surface area contributed by atoms with Crippen molar-refractivity contribution in [3.05, 3.63) is 48.4 Å². The van der Waals surface area contributed by atoms with Crippen molar-refractivity contribution in [3.8, 4) is 11.3 Å². The Balaban J connectivity index is 2.11. The third kappa shape index (κ3) is 1.63. The highest BCUT2D eigenvalue weighted by Gasteiger charge is 2.26. The smallest absolute Gasteiger partial charge is 0.116 e. The van der Waals surface area contributed by atoms with Gasteiger partial charge in [0, 0.05) is 11.8 Å². The summed E-state index contributed by atoms with van der Waals surface area (Å²) in [5.41, 5.74) is 3.74. The van der Waals surface area contributed by atoms with Crippen molar-refractivity contribution in [2.24, 2.45) is 0 Å². The van der Waals surface area contributed by atoms with Crippen LogP contribution in [0, 0.1) is 0 Å². The van der Waals surface area contributed by atoms with E-state index in [0.29, 0.717) is 0 Å². The second-order valence-corrected chi connectivity index (χ2v) is 3.96. The Kier molecular flexibility index (Phi) is 1.98. The van der Waals surface area contributed by atoms with Gasteiger partial charge in [0.05, 0.1) is 5.69 Å². The first kappa shape index (κ1) is 8.60. The van der Waals surface area contributed by atoms with Gasteiger partial charge in [-0.25, -0.2) is 9.97 Å². The minimum absolute atomic E-state index is 0.760. The van der Waals surface area contributed by atoms with E-state index in [2.05, 4.69) is 34.2 Å². The normalized spacial score (nSPS) is 15.2. The van der Waals surface area contributed by atoms with Gasteiger partial charge in [-0.15, -0.1) is 0 Å². The third-order valence-corrected chi connectivity index (χ3v) is 2.84. The fraction of sp³-hybridized carbons (Fsp3) is 0.231. The van der Waals surface area contributed by atoms with E-state index in [0.717, 1.165) is 11.6 Å². The maximum Gasteiger partial charge on any atom is 0.116 e. The van der Waals surface area contributed by atoms with E-state index in [1.54, 1.807) is 12.5 Å². The molecule has 1 aliphatic carbocycles. The van der Waals surface area contributed by atoms with Gasteiger partial charge in [-0.2, -0.15) is 0 Å². The lowest BCUT2D eigenvalue weighted by Gasteiger charge is -2.06. The summed E-state index contributed by atoms with van der Waals surface area (Å²) in [6.07, 6.45) is 6.05. The molecule has 2 heteroatoms. The van der Waals surface area contributed by atoms with Crippen molar-refractivity contribution in [2.45, 2.75) is 18.8 Å². The molecule has 0 unspecified atom stereocenters. The lowest BCUT2D eigenvalue weighted by molar-refractivity contribution is 1.11. The minimum atomic E-state index is 0.760. The molecule has 0 amide bonds. The summed E-state index contributed by atoms with van der Waals surface area (Å²) >= 11 is 0. The molecule has 0 radical (unpaired) electrons. The molecule has 0 N–H and O–H groups in total. The van der Waals surface area contributed by atoms with Crippen LogP contribution in [0.5, 0.6) is 0 Å². The van der Waals surface area contributed by atoms with Gasteiger partial charge in [-0.3, -0.25) is 0 Å². The average molecular weight is 196 g/mol. The van der Waals surface area contributed by atoms with Crippen molar-refractivity contribution in [3.63, 3.8) is 0 Å². The van der Waals surface area contributed by atoms with Gasteiger partial charge < -0.3 is 0 Å². The molecule has 0 spiro atoms. The van der Waals surface area contributed by atoms with Crippen molar-refractivity contribution in [1.82, 2.24) is 9.97 Å². The Bertz CT molecular complexity index is 461. The SMILES string of the molecule is c1ccc(C2CC2)c(-c2ccncn2)c1. The zero-order chi connectivity index (χ0) is 10.1. The molecule has 1 aliphatic rings. The van der Waals surface area contributed by atoms with E-state index in [1.165, 1.54) is 24.0 Å². The van der Waals surface area contributed by atoms with Gasteiger partial charge in [-0.05, 0) is 30.4 Å². The predicted molar refractivity (Wildman–Crippen MR) is 59.4 cm³/mol. The summed E-state index contributed by atoms with van der Waals surface area (Å²) in [6.45, 7) is 0. The lowest BCUT2D eigenvalue weighted by Crippen LogP contribution is -1.89. The van der Waals surface area contributed by atoms with Crippen molar-refractivity contribution in [1.29, 1.82) is 0 Å². The fourth-order valence-electron chi connectivity index (χ4n) is 1.93. The zero-order valence-electron chi connectivity index (χ0n) is 8.43. The maximum absolute atomic E-state index is 4.31. The molecule has 1 fully saturated rings. The molecule has 1 aromatic heterocycles. The molecular weight excluding hydrogens is 184 g/mol. The summed E-state index contributed by atoms with van der Waals surface area (Å²) in [7, 11) is 0. The van der Waals surface area contributed by atoms with Gasteiger partial charge >= 0.3 is 0 Å². The summed E-state index contributed by atoms with van der Waals surface area (Å²) in [5, 5.41) is 0. The monoisotopic (exact) mass is 196 g/mol. The molecule has 15 heavy (non-hydrogen) atoms. The lowest BCUT2D eigenvalue weighted by atomic mass is 10.0. The van der Waals surface area contributed by atoms with E-state index in [1.807, 2.05) is 6.07 Å². The zero-order valence-corrected chi connectivity index (χ0v) is 8.43. The molecule has 0 saturated heterocycles. The van der Waals surface area contributed by atoms with E-state index >= 15 is 0 Å². The van der Waals surface area contributed by atoms with Crippen LogP contribution in [0.25, 0.3) is 11.3 Å². The van der Waals surface area contributed by atoms with Crippen LogP contribution in [-0.4, -0.2) is 9.97 Å². The van der Waals surface area contributed by atoms with Crippen LogP contribution in [0.1, 0.15) is 24.3 Å². The predicted octanol–water partition coefficient (Wildman–Crippen LogP) is 3.02. The molecule has 2 aromatic rings. The number of hydrogen-bond donors (Lipinski definition) is 0. The topological polar surface area (TPSA) is 25.8 Å². The number of benzene rings is 1. The Morgan fingerprint density at radius 3 is 2.67 bits per heavy atom. The Hall–Kier alpha value is -1.70. The summed E-state index contributed by atoms with van der Waals surface area (Å²) in [6, 6.07) is 10.5. The summed E-state index contributed by atoms with van der Waals surface area (Å²) in [4.78, 5) is 8.26. The van der Waals surface area contributed by atoms with E-state index < -0.39 is 0 Å². The van der Waals surface area contributed by atoms with Crippen LogP contribution < -0.4 is 0 Å². The van der Waals surface area contributed by atoms with Crippen molar-refractivity contribution < 1.29 is 0 Å². The van der Waals surface area contributed by atoms with Gasteiger partial charge in [0.1, 0.15) is 6.33 Å². The van der Waals surface area contributed by atoms with Gasteiger partial charge in [0.25, 0.3) is 0 Å². The van der Waals surface area contributed by atoms with Gasteiger partial charge in [-0.1, -0.05) is 24.3 Å². The number of nitrogens with zero attached hydrogens (tertiary/aromatic N) is 2. The van der Waals surface area contributed by atoms with E-state index in [-0.39, 0.29) is 0 Å². The van der Waals surface area contributed by atoms with Crippen LogP contribution in [0.2, 0.25) is 0 Å². The molecule has 2 nitrogen and oxygen atoms in total. The van der Waals surface area contributed by atoms with Crippen LogP contribution in [-0.2, 0) is 0 Å². The highest BCUT2D eigenvalue weighted by atomic mass is 14.8. The summed E-state index contributed by atoms with van der Waals surface area (Å²) < 4.78 is 0. The maximum atomic E-state index is 4.31. The first-order chi connectivity index (χ1) is 7.45. The molecule has 1 aromatic carbocycles. The first-order valence-electron chi connectivity index (χ1n) is 5.30. The number of aromatic nitrogens is 2. The quantitative estimate of drug-likeness (QED) is 0.737. The van der Waals surface area contributed by atoms with E-state index in [4.69, 9.17) is 0 Å². The van der Waals surface area contributed by atoms with Crippen LogP contribution in [0.3, 0.4) is 0 Å². The molecule has 0 atom stereocenters. The van der Waals surface area contributed by atoms with Gasteiger partial charge in [0.15, 0.2) is 0 Å². The average Bonchev–Trinajstić information content (AvgIpc) is 3.14. The number of rotatable bonds is 2. The highest BCUT2D eigenvalue weighted by Crippen LogP contribution is 2.43. The van der Waals surface area contributed by atoms with Crippen molar-refractivity contribution >= 4 is 0 Å². The molecule has 1 saturated carbocycles. The molecule has 0 bridgehead atoms. The summed E-state index contributed by atoms with van der Waals surface area (Å²) in [5.74, 6) is 0.760. The molecule has 0 aliphatic heterocycles. The second-order valence-electron chi connectivity index (χ2n) is 3.96. The molecule has 3 rings (SSSR count). The largest absolute Gasteiger partial charge is 0.245 e. The highest BCUT2D eigenvalue weighted by molar-refractivity contribution is 5.64.